The van der Waals surface area contributed by atoms with E-state index < -0.39 is 0 Å². The van der Waals surface area contributed by atoms with Crippen LogP contribution in [-0.2, 0) is 0 Å². The van der Waals surface area contributed by atoms with Crippen LogP contribution in [-0.4, -0.2) is 23.7 Å². The number of rotatable bonds is 5. The molecule has 0 saturated carbocycles. The zero-order valence-electron chi connectivity index (χ0n) is 8.19. The van der Waals surface area contributed by atoms with Crippen molar-refractivity contribution in [3.8, 4) is 0 Å². The van der Waals surface area contributed by atoms with Crippen LogP contribution in [0.15, 0.2) is 23.0 Å². The highest BCUT2D eigenvalue weighted by Gasteiger charge is 2.09. The van der Waals surface area contributed by atoms with Gasteiger partial charge in [-0.3, -0.25) is 4.79 Å². The molecule has 1 atom stereocenters. The molecule has 78 valence electrons. The van der Waals surface area contributed by atoms with Gasteiger partial charge in [-0.15, -0.1) is 0 Å². The molecular formula is C10H15NO3. The van der Waals surface area contributed by atoms with Crippen molar-refractivity contribution in [2.75, 3.05) is 6.61 Å². The average molecular weight is 197 g/mol. The zero-order valence-corrected chi connectivity index (χ0v) is 8.19. The van der Waals surface area contributed by atoms with Gasteiger partial charge in [0.2, 0.25) is 0 Å². The van der Waals surface area contributed by atoms with Gasteiger partial charge in [-0.25, -0.2) is 0 Å². The predicted molar refractivity (Wildman–Crippen MR) is 52.0 cm³/mol. The summed E-state index contributed by atoms with van der Waals surface area (Å²) in [5.74, 6) is -0.135. The van der Waals surface area contributed by atoms with Gasteiger partial charge in [-0.1, -0.05) is 0 Å². The molecule has 0 radical (unpaired) electrons. The van der Waals surface area contributed by atoms with Crippen LogP contribution in [0.25, 0.3) is 0 Å². The van der Waals surface area contributed by atoms with Gasteiger partial charge < -0.3 is 14.8 Å². The standard InChI is InChI=1S/C10H15NO3/c1-8(3-2-5-12)11-10(13)9-4-6-14-7-9/h4,6-8,12H,2-3,5H2,1H3,(H,11,13). The molecule has 0 bridgehead atoms. The molecule has 0 aliphatic rings. The summed E-state index contributed by atoms with van der Waals surface area (Å²) in [6, 6.07) is 1.69. The summed E-state index contributed by atoms with van der Waals surface area (Å²) >= 11 is 0. The first-order valence-electron chi connectivity index (χ1n) is 4.68. The average Bonchev–Trinajstić information content (AvgIpc) is 2.67. The summed E-state index contributed by atoms with van der Waals surface area (Å²) in [5.41, 5.74) is 0.529. The molecule has 0 fully saturated rings. The molecule has 2 N–H and O–H groups in total. The first kappa shape index (κ1) is 10.8. The molecule has 1 amide bonds. The van der Waals surface area contributed by atoms with Gasteiger partial charge in [0, 0.05) is 12.6 Å². The SMILES string of the molecule is CC(CCCO)NC(=O)c1ccoc1. The van der Waals surface area contributed by atoms with E-state index in [9.17, 15) is 4.79 Å². The minimum atomic E-state index is -0.135. The Balaban J connectivity index is 2.34. The first-order valence-corrected chi connectivity index (χ1v) is 4.68. The normalized spacial score (nSPS) is 12.4. The van der Waals surface area contributed by atoms with E-state index in [-0.39, 0.29) is 18.6 Å². The van der Waals surface area contributed by atoms with Crippen molar-refractivity contribution in [2.45, 2.75) is 25.8 Å². The second-order valence-corrected chi connectivity index (χ2v) is 3.25. The highest BCUT2D eigenvalue weighted by atomic mass is 16.3. The summed E-state index contributed by atoms with van der Waals surface area (Å²) < 4.78 is 4.80. The number of hydrogen-bond donors (Lipinski definition) is 2. The van der Waals surface area contributed by atoms with Crippen molar-refractivity contribution in [1.82, 2.24) is 5.32 Å². The third-order valence-electron chi connectivity index (χ3n) is 1.96. The molecule has 0 aromatic carbocycles. The van der Waals surface area contributed by atoms with Gasteiger partial charge in [-0.2, -0.15) is 0 Å². The molecule has 14 heavy (non-hydrogen) atoms. The number of furan rings is 1. The van der Waals surface area contributed by atoms with Gasteiger partial charge in [0.05, 0.1) is 11.8 Å². The molecule has 1 heterocycles. The van der Waals surface area contributed by atoms with E-state index in [1.54, 1.807) is 6.07 Å². The van der Waals surface area contributed by atoms with E-state index in [0.717, 1.165) is 6.42 Å². The summed E-state index contributed by atoms with van der Waals surface area (Å²) in [7, 11) is 0. The van der Waals surface area contributed by atoms with Gasteiger partial charge >= 0.3 is 0 Å². The van der Waals surface area contributed by atoms with E-state index in [1.165, 1.54) is 12.5 Å². The fraction of sp³-hybridized carbons (Fsp3) is 0.500. The van der Waals surface area contributed by atoms with Crippen molar-refractivity contribution in [3.63, 3.8) is 0 Å². The van der Waals surface area contributed by atoms with Crippen molar-refractivity contribution < 1.29 is 14.3 Å². The number of carbonyl (C=O) groups excluding carboxylic acids is 1. The lowest BCUT2D eigenvalue weighted by atomic mass is 10.2. The van der Waals surface area contributed by atoms with Crippen LogP contribution < -0.4 is 5.32 Å². The van der Waals surface area contributed by atoms with Crippen LogP contribution in [0, 0.1) is 0 Å². The van der Waals surface area contributed by atoms with E-state index >= 15 is 0 Å². The summed E-state index contributed by atoms with van der Waals surface area (Å²) in [5, 5.41) is 11.4. The van der Waals surface area contributed by atoms with Gasteiger partial charge in [0.25, 0.3) is 5.91 Å². The molecule has 1 aromatic rings. The minimum absolute atomic E-state index is 0.0737. The van der Waals surface area contributed by atoms with Crippen LogP contribution in [0.2, 0.25) is 0 Å². The van der Waals surface area contributed by atoms with Crippen LogP contribution in [0.1, 0.15) is 30.1 Å². The van der Waals surface area contributed by atoms with Crippen molar-refractivity contribution >= 4 is 5.91 Å². The Kier molecular flexibility index (Phi) is 4.19. The molecule has 4 nitrogen and oxygen atoms in total. The highest BCUT2D eigenvalue weighted by Crippen LogP contribution is 2.02. The smallest absolute Gasteiger partial charge is 0.254 e. The van der Waals surface area contributed by atoms with Crippen LogP contribution in [0.3, 0.4) is 0 Å². The number of aliphatic hydroxyl groups is 1. The quantitative estimate of drug-likeness (QED) is 0.744. The molecule has 1 unspecified atom stereocenters. The van der Waals surface area contributed by atoms with Crippen molar-refractivity contribution in [3.05, 3.63) is 24.2 Å². The van der Waals surface area contributed by atoms with E-state index in [2.05, 4.69) is 5.32 Å². The molecular weight excluding hydrogens is 182 g/mol. The maximum atomic E-state index is 11.4. The van der Waals surface area contributed by atoms with Gasteiger partial charge in [0.1, 0.15) is 6.26 Å². The fourth-order valence-electron chi connectivity index (χ4n) is 1.17. The Morgan fingerprint density at radius 1 is 1.71 bits per heavy atom. The summed E-state index contributed by atoms with van der Waals surface area (Å²) in [6.45, 7) is 2.07. The maximum absolute atomic E-state index is 11.4. The van der Waals surface area contributed by atoms with Crippen molar-refractivity contribution in [2.24, 2.45) is 0 Å². The Morgan fingerprint density at radius 3 is 3.07 bits per heavy atom. The summed E-state index contributed by atoms with van der Waals surface area (Å²) in [6.07, 6.45) is 4.36. The van der Waals surface area contributed by atoms with E-state index in [1.807, 2.05) is 6.92 Å². The van der Waals surface area contributed by atoms with Crippen LogP contribution >= 0.6 is 0 Å². The molecule has 0 aliphatic heterocycles. The van der Waals surface area contributed by atoms with E-state index in [0.29, 0.717) is 12.0 Å². The molecule has 1 aromatic heterocycles. The van der Waals surface area contributed by atoms with Crippen LogP contribution in [0.5, 0.6) is 0 Å². The largest absolute Gasteiger partial charge is 0.472 e. The Hall–Kier alpha value is -1.29. The highest BCUT2D eigenvalue weighted by molar-refractivity contribution is 5.93. The lowest BCUT2D eigenvalue weighted by Gasteiger charge is -2.11. The minimum Gasteiger partial charge on any atom is -0.472 e. The fourth-order valence-corrected chi connectivity index (χ4v) is 1.17. The zero-order chi connectivity index (χ0) is 10.4. The third kappa shape index (κ3) is 3.22. The first-order chi connectivity index (χ1) is 6.74. The molecule has 0 saturated heterocycles. The predicted octanol–water partition coefficient (Wildman–Crippen LogP) is 1.17. The molecule has 1 rings (SSSR count). The molecule has 4 heteroatoms. The third-order valence-corrected chi connectivity index (χ3v) is 1.96. The second kappa shape index (κ2) is 5.44. The Bertz CT molecular complexity index is 269. The maximum Gasteiger partial charge on any atom is 0.254 e. The van der Waals surface area contributed by atoms with E-state index in [4.69, 9.17) is 9.52 Å². The summed E-state index contributed by atoms with van der Waals surface area (Å²) in [4.78, 5) is 11.4. The topological polar surface area (TPSA) is 62.5 Å². The van der Waals surface area contributed by atoms with Gasteiger partial charge in [0.15, 0.2) is 0 Å². The number of carbonyl (C=O) groups is 1. The molecule has 0 aliphatic carbocycles. The number of amides is 1. The number of hydrogen-bond acceptors (Lipinski definition) is 3. The Labute approximate surface area is 82.9 Å². The lowest BCUT2D eigenvalue weighted by molar-refractivity contribution is 0.0936. The number of aliphatic hydroxyl groups excluding tert-OH is 1. The number of nitrogens with one attached hydrogen (secondary N) is 1. The monoisotopic (exact) mass is 197 g/mol. The van der Waals surface area contributed by atoms with Crippen molar-refractivity contribution in [1.29, 1.82) is 0 Å². The van der Waals surface area contributed by atoms with Gasteiger partial charge in [-0.05, 0) is 25.8 Å². The Morgan fingerprint density at radius 2 is 2.50 bits per heavy atom. The molecule has 0 spiro atoms. The lowest BCUT2D eigenvalue weighted by Crippen LogP contribution is -2.32. The second-order valence-electron chi connectivity index (χ2n) is 3.25. The van der Waals surface area contributed by atoms with Crippen LogP contribution in [0.4, 0.5) is 0 Å².